The second-order valence-corrected chi connectivity index (χ2v) is 7.77. The molecule has 1 fully saturated rings. The molecule has 0 saturated heterocycles. The first-order valence-electron chi connectivity index (χ1n) is 7.24. The maximum atomic E-state index is 11.9. The second-order valence-electron chi connectivity index (χ2n) is 5.71. The zero-order chi connectivity index (χ0) is 14.3. The predicted molar refractivity (Wildman–Crippen MR) is 86.6 cm³/mol. The number of hydrogen-bond donors (Lipinski definition) is 1. The summed E-state index contributed by atoms with van der Waals surface area (Å²) in [6.07, 6.45) is 9.22. The summed E-state index contributed by atoms with van der Waals surface area (Å²) in [6, 6.07) is 0. The summed E-state index contributed by atoms with van der Waals surface area (Å²) in [4.78, 5) is 11.9. The number of thioether (sulfide) groups is 2. The Kier molecular flexibility index (Phi) is 11.8. The molecule has 0 aromatic heterocycles. The Hall–Kier alpha value is 1.43. The van der Waals surface area contributed by atoms with Crippen molar-refractivity contribution in [3.8, 4) is 0 Å². The molecular formula is C15H27O2S2Y-. The monoisotopic (exact) mass is 392 g/mol. The van der Waals surface area contributed by atoms with Gasteiger partial charge in [0, 0.05) is 39.1 Å². The van der Waals surface area contributed by atoms with E-state index >= 15 is 0 Å². The third kappa shape index (κ3) is 7.62. The first kappa shape index (κ1) is 21.4. The van der Waals surface area contributed by atoms with Gasteiger partial charge in [-0.15, -0.1) is 0 Å². The van der Waals surface area contributed by atoms with E-state index in [1.807, 2.05) is 25.6 Å². The summed E-state index contributed by atoms with van der Waals surface area (Å²) in [5.41, 5.74) is -0.564. The Labute approximate surface area is 157 Å². The number of carbonyl (C=O) groups excluding carboxylic acids is 1. The van der Waals surface area contributed by atoms with Crippen molar-refractivity contribution in [3.05, 3.63) is 6.26 Å². The average molecular weight is 392 g/mol. The number of ketones is 1. The molecule has 1 radical (unpaired) electrons. The van der Waals surface area contributed by atoms with Gasteiger partial charge in [0.1, 0.15) is 5.78 Å². The molecule has 1 unspecified atom stereocenters. The summed E-state index contributed by atoms with van der Waals surface area (Å²) in [5.74, 6) is 3.03. The Bertz CT molecular complexity index is 285. The largest absolute Gasteiger partial charge is 0.390 e. The maximum Gasteiger partial charge on any atom is 0.146 e. The molecule has 115 valence electrons. The Balaban J connectivity index is 0.00000361. The van der Waals surface area contributed by atoms with Gasteiger partial charge in [-0.05, 0) is 56.5 Å². The van der Waals surface area contributed by atoms with Crippen LogP contribution in [-0.2, 0) is 37.5 Å². The molecule has 0 aliphatic heterocycles. The summed E-state index contributed by atoms with van der Waals surface area (Å²) in [5, 5.41) is 10.3. The molecule has 0 aromatic carbocycles. The van der Waals surface area contributed by atoms with E-state index < -0.39 is 5.60 Å². The molecule has 2 nitrogen and oxygen atoms in total. The van der Waals surface area contributed by atoms with E-state index in [-0.39, 0.29) is 38.0 Å². The van der Waals surface area contributed by atoms with E-state index in [1.165, 1.54) is 0 Å². The van der Waals surface area contributed by atoms with E-state index in [2.05, 4.69) is 6.26 Å². The molecule has 1 aliphatic rings. The summed E-state index contributed by atoms with van der Waals surface area (Å²) in [6.45, 7) is 3.92. The van der Waals surface area contributed by atoms with Crippen molar-refractivity contribution in [2.24, 2.45) is 5.92 Å². The van der Waals surface area contributed by atoms with Gasteiger partial charge in [0.05, 0.1) is 10.9 Å². The minimum absolute atomic E-state index is 0. The van der Waals surface area contributed by atoms with Crippen LogP contribution in [-0.4, -0.2) is 33.2 Å². The minimum atomic E-state index is -0.564. The van der Waals surface area contributed by atoms with Crippen LogP contribution in [0.5, 0.6) is 0 Å². The molecule has 1 aliphatic carbocycles. The van der Waals surface area contributed by atoms with Gasteiger partial charge in [0.2, 0.25) is 0 Å². The van der Waals surface area contributed by atoms with Crippen LogP contribution in [0.4, 0.5) is 0 Å². The van der Waals surface area contributed by atoms with E-state index in [4.69, 9.17) is 0 Å². The van der Waals surface area contributed by atoms with Crippen LogP contribution in [0.2, 0.25) is 0 Å². The molecule has 0 heterocycles. The number of hydrogen-bond acceptors (Lipinski definition) is 4. The molecule has 1 N–H and O–H groups in total. The molecule has 3 atom stereocenters. The standard InChI is InChI=1S/C15H27O2S2.Y/c1-4-15(2,17)9-8-12-6-7-13(16)14(12)19-11-5-10-18-3;/h12,14,17H,3-11H2,1-2H3;/q-1;/t12-,14-,15?;/m1./s1. The van der Waals surface area contributed by atoms with E-state index in [0.29, 0.717) is 11.7 Å². The molecule has 0 aromatic rings. The van der Waals surface area contributed by atoms with Crippen LogP contribution < -0.4 is 0 Å². The van der Waals surface area contributed by atoms with Crippen molar-refractivity contribution in [2.45, 2.75) is 63.2 Å². The fourth-order valence-corrected chi connectivity index (χ4v) is 4.40. The number of carbonyl (C=O) groups is 1. The van der Waals surface area contributed by atoms with Gasteiger partial charge in [0.15, 0.2) is 0 Å². The van der Waals surface area contributed by atoms with E-state index in [0.717, 1.165) is 50.0 Å². The first-order valence-corrected chi connectivity index (χ1v) is 9.44. The smallest absolute Gasteiger partial charge is 0.146 e. The minimum Gasteiger partial charge on any atom is -0.390 e. The Morgan fingerprint density at radius 2 is 2.15 bits per heavy atom. The maximum absolute atomic E-state index is 11.9. The molecular weight excluding hydrogens is 365 g/mol. The summed E-state index contributed by atoms with van der Waals surface area (Å²) >= 11 is 3.45. The molecule has 1 saturated carbocycles. The fourth-order valence-electron chi connectivity index (χ4n) is 2.45. The molecule has 0 spiro atoms. The van der Waals surface area contributed by atoms with Gasteiger partial charge in [-0.2, -0.15) is 11.8 Å². The van der Waals surface area contributed by atoms with Gasteiger partial charge < -0.3 is 16.9 Å². The van der Waals surface area contributed by atoms with Crippen molar-refractivity contribution in [1.29, 1.82) is 0 Å². The van der Waals surface area contributed by atoms with Crippen molar-refractivity contribution in [1.82, 2.24) is 0 Å². The summed E-state index contributed by atoms with van der Waals surface area (Å²) < 4.78 is 0. The van der Waals surface area contributed by atoms with Crippen LogP contribution in [0.1, 0.15) is 52.4 Å². The summed E-state index contributed by atoms with van der Waals surface area (Å²) in [7, 11) is 0. The zero-order valence-corrected chi connectivity index (χ0v) is 17.2. The van der Waals surface area contributed by atoms with Crippen LogP contribution in [0.3, 0.4) is 0 Å². The third-order valence-electron chi connectivity index (χ3n) is 4.05. The molecule has 0 bridgehead atoms. The van der Waals surface area contributed by atoms with Crippen LogP contribution in [0.15, 0.2) is 0 Å². The van der Waals surface area contributed by atoms with Crippen molar-refractivity contribution < 1.29 is 42.6 Å². The van der Waals surface area contributed by atoms with E-state index in [9.17, 15) is 9.90 Å². The fraction of sp³-hybridized carbons (Fsp3) is 0.867. The van der Waals surface area contributed by atoms with Crippen molar-refractivity contribution in [3.63, 3.8) is 0 Å². The second kappa shape index (κ2) is 11.0. The predicted octanol–water partition coefficient (Wildman–Crippen LogP) is 3.92. The van der Waals surface area contributed by atoms with Gasteiger partial charge in [-0.3, -0.25) is 11.1 Å². The van der Waals surface area contributed by atoms with Crippen molar-refractivity contribution in [2.75, 3.05) is 11.5 Å². The molecule has 20 heavy (non-hydrogen) atoms. The number of aliphatic hydroxyl groups is 1. The van der Waals surface area contributed by atoms with Crippen LogP contribution in [0.25, 0.3) is 0 Å². The van der Waals surface area contributed by atoms with Gasteiger partial charge in [0.25, 0.3) is 0 Å². The quantitative estimate of drug-likeness (QED) is 0.477. The van der Waals surface area contributed by atoms with E-state index in [1.54, 1.807) is 11.8 Å². The van der Waals surface area contributed by atoms with Crippen molar-refractivity contribution >= 4 is 29.3 Å². The molecule has 1 rings (SSSR count). The normalized spacial score (nSPS) is 25.3. The Morgan fingerprint density at radius 1 is 1.45 bits per heavy atom. The molecule has 5 heteroatoms. The van der Waals surface area contributed by atoms with Gasteiger partial charge in [-0.25, -0.2) is 0 Å². The topological polar surface area (TPSA) is 37.3 Å². The van der Waals surface area contributed by atoms with Crippen LogP contribution >= 0.6 is 23.5 Å². The SMILES string of the molecule is [CH2-]SCCCS[C@H]1C(=O)CC[C@@H]1CCC(C)(O)CC.[Y]. The Morgan fingerprint density at radius 3 is 2.75 bits per heavy atom. The third-order valence-corrected chi connectivity index (χ3v) is 6.16. The average Bonchev–Trinajstić information content (AvgIpc) is 2.74. The van der Waals surface area contributed by atoms with Crippen LogP contribution in [0, 0.1) is 12.2 Å². The number of Topliss-reactive ketones (excluding diaryl/α,β-unsaturated/α-hetero) is 1. The first-order chi connectivity index (χ1) is 9.00. The molecule has 0 amide bonds. The van der Waals surface area contributed by atoms with Gasteiger partial charge in [-0.1, -0.05) is 6.92 Å². The van der Waals surface area contributed by atoms with Gasteiger partial charge >= 0.3 is 0 Å². The number of rotatable bonds is 9. The zero-order valence-electron chi connectivity index (χ0n) is 12.8.